The third kappa shape index (κ3) is 10.5. The summed E-state index contributed by atoms with van der Waals surface area (Å²) in [4.78, 5) is 5.06. The molecule has 2 aromatic rings. The monoisotopic (exact) mass is 410 g/mol. The minimum Gasteiger partial charge on any atom is -0.335 e. The summed E-state index contributed by atoms with van der Waals surface area (Å²) in [5, 5.41) is 0. The molecule has 1 heterocycles. The molecule has 0 aliphatic carbocycles. The largest absolute Gasteiger partial charge is 0.335 e. The lowest BCUT2D eigenvalue weighted by molar-refractivity contribution is 0.543. The van der Waals surface area contributed by atoms with Gasteiger partial charge in [-0.15, -0.1) is 0 Å². The standard InChI is InChI=1S/C28H46N2/c1-3-5-7-9-10-11-12-16-23-28-29-27(25-30(28)24-17-8-6-4-2)22-18-21-26-19-14-13-15-20-26/h13-15,19-20,25H,3-12,16-18,21-24H2,1-2H3. The van der Waals surface area contributed by atoms with Gasteiger partial charge in [0, 0.05) is 19.2 Å². The van der Waals surface area contributed by atoms with Crippen molar-refractivity contribution in [2.45, 2.75) is 123 Å². The van der Waals surface area contributed by atoms with E-state index in [-0.39, 0.29) is 0 Å². The van der Waals surface area contributed by atoms with Gasteiger partial charge in [-0.1, -0.05) is 108 Å². The number of aryl methyl sites for hydroxylation is 4. The number of hydrogen-bond acceptors (Lipinski definition) is 1. The van der Waals surface area contributed by atoms with Gasteiger partial charge in [0.25, 0.3) is 0 Å². The number of aromatic nitrogens is 2. The first-order valence-corrected chi connectivity index (χ1v) is 12.9. The summed E-state index contributed by atoms with van der Waals surface area (Å²) in [6.07, 6.45) is 23.3. The molecule has 2 heteroatoms. The minimum absolute atomic E-state index is 1.10. The predicted molar refractivity (Wildman–Crippen MR) is 131 cm³/mol. The van der Waals surface area contributed by atoms with E-state index in [2.05, 4.69) is 54.9 Å². The van der Waals surface area contributed by atoms with Crippen LogP contribution in [-0.4, -0.2) is 9.55 Å². The van der Waals surface area contributed by atoms with Crippen molar-refractivity contribution in [3.63, 3.8) is 0 Å². The molecule has 0 N–H and O–H groups in total. The minimum atomic E-state index is 1.10. The fourth-order valence-electron chi connectivity index (χ4n) is 4.27. The second-order valence-corrected chi connectivity index (χ2v) is 8.97. The van der Waals surface area contributed by atoms with Gasteiger partial charge in [0.1, 0.15) is 5.82 Å². The first kappa shape index (κ1) is 24.7. The summed E-state index contributed by atoms with van der Waals surface area (Å²) < 4.78 is 2.48. The molecule has 0 saturated carbocycles. The van der Waals surface area contributed by atoms with E-state index in [0.29, 0.717) is 0 Å². The van der Waals surface area contributed by atoms with Crippen molar-refractivity contribution in [1.29, 1.82) is 0 Å². The van der Waals surface area contributed by atoms with Gasteiger partial charge in [0.15, 0.2) is 0 Å². The highest BCUT2D eigenvalue weighted by Crippen LogP contribution is 2.15. The Hall–Kier alpha value is -1.57. The third-order valence-corrected chi connectivity index (χ3v) is 6.16. The van der Waals surface area contributed by atoms with E-state index in [1.54, 1.807) is 0 Å². The number of rotatable bonds is 18. The van der Waals surface area contributed by atoms with Crippen LogP contribution >= 0.6 is 0 Å². The Bertz CT molecular complexity index is 644. The maximum atomic E-state index is 5.06. The summed E-state index contributed by atoms with van der Waals surface area (Å²) in [6.45, 7) is 5.73. The molecule has 1 aromatic carbocycles. The number of hydrogen-bond donors (Lipinski definition) is 0. The molecular weight excluding hydrogens is 364 g/mol. The van der Waals surface area contributed by atoms with Crippen molar-refractivity contribution in [3.05, 3.63) is 53.6 Å². The molecule has 168 valence electrons. The second-order valence-electron chi connectivity index (χ2n) is 8.97. The van der Waals surface area contributed by atoms with Crippen LogP contribution in [-0.2, 0) is 25.8 Å². The summed E-state index contributed by atoms with van der Waals surface area (Å²) in [5.41, 5.74) is 2.74. The van der Waals surface area contributed by atoms with Crippen LogP contribution in [0.1, 0.15) is 114 Å². The highest BCUT2D eigenvalue weighted by atomic mass is 15.1. The fourth-order valence-corrected chi connectivity index (χ4v) is 4.27. The number of unbranched alkanes of at least 4 members (excludes halogenated alkanes) is 10. The number of imidazole rings is 1. The molecule has 2 nitrogen and oxygen atoms in total. The van der Waals surface area contributed by atoms with E-state index < -0.39 is 0 Å². The number of nitrogens with zero attached hydrogens (tertiary/aromatic N) is 2. The lowest BCUT2D eigenvalue weighted by atomic mass is 10.1. The molecule has 0 radical (unpaired) electrons. The van der Waals surface area contributed by atoms with Gasteiger partial charge in [0.05, 0.1) is 5.69 Å². The molecule has 0 fully saturated rings. The summed E-state index contributed by atoms with van der Waals surface area (Å²) >= 11 is 0. The van der Waals surface area contributed by atoms with Crippen molar-refractivity contribution in [2.24, 2.45) is 0 Å². The molecule has 2 rings (SSSR count). The van der Waals surface area contributed by atoms with E-state index in [1.165, 1.54) is 101 Å². The highest BCUT2D eigenvalue weighted by Gasteiger charge is 2.08. The lowest BCUT2D eigenvalue weighted by Gasteiger charge is -2.07. The van der Waals surface area contributed by atoms with Crippen molar-refractivity contribution in [1.82, 2.24) is 9.55 Å². The molecular formula is C28H46N2. The zero-order chi connectivity index (χ0) is 21.3. The molecule has 0 unspecified atom stereocenters. The van der Waals surface area contributed by atoms with Gasteiger partial charge >= 0.3 is 0 Å². The van der Waals surface area contributed by atoms with Crippen LogP contribution in [0.3, 0.4) is 0 Å². The molecule has 0 atom stereocenters. The van der Waals surface area contributed by atoms with Gasteiger partial charge < -0.3 is 4.57 Å². The lowest BCUT2D eigenvalue weighted by Crippen LogP contribution is -2.03. The molecule has 30 heavy (non-hydrogen) atoms. The van der Waals surface area contributed by atoms with Crippen LogP contribution in [0.15, 0.2) is 36.5 Å². The molecule has 0 bridgehead atoms. The Balaban J connectivity index is 1.77. The van der Waals surface area contributed by atoms with Crippen LogP contribution in [0.4, 0.5) is 0 Å². The smallest absolute Gasteiger partial charge is 0.108 e. The first-order valence-electron chi connectivity index (χ1n) is 12.9. The molecule has 1 aromatic heterocycles. The average Bonchev–Trinajstić information content (AvgIpc) is 3.15. The van der Waals surface area contributed by atoms with Crippen molar-refractivity contribution < 1.29 is 0 Å². The highest BCUT2D eigenvalue weighted by molar-refractivity contribution is 5.15. The SMILES string of the molecule is CCCCCCCCCCc1nc(CCCc2ccccc2)cn1CCCCCC. The Kier molecular flexibility index (Phi) is 13.3. The summed E-state index contributed by atoms with van der Waals surface area (Å²) in [7, 11) is 0. The van der Waals surface area contributed by atoms with Gasteiger partial charge in [-0.05, 0) is 37.7 Å². The van der Waals surface area contributed by atoms with Gasteiger partial charge in [0.2, 0.25) is 0 Å². The zero-order valence-electron chi connectivity index (χ0n) is 19.9. The maximum absolute atomic E-state index is 5.06. The van der Waals surface area contributed by atoms with E-state index in [9.17, 15) is 0 Å². The molecule has 0 spiro atoms. The zero-order valence-corrected chi connectivity index (χ0v) is 19.9. The van der Waals surface area contributed by atoms with Crippen molar-refractivity contribution in [3.8, 4) is 0 Å². The Morgan fingerprint density at radius 2 is 1.27 bits per heavy atom. The Morgan fingerprint density at radius 3 is 1.97 bits per heavy atom. The Morgan fingerprint density at radius 1 is 0.633 bits per heavy atom. The maximum Gasteiger partial charge on any atom is 0.108 e. The van der Waals surface area contributed by atoms with Gasteiger partial charge in [-0.3, -0.25) is 0 Å². The number of benzene rings is 1. The van der Waals surface area contributed by atoms with Crippen LogP contribution < -0.4 is 0 Å². The summed E-state index contributed by atoms with van der Waals surface area (Å²) in [5.74, 6) is 1.34. The van der Waals surface area contributed by atoms with E-state index >= 15 is 0 Å². The van der Waals surface area contributed by atoms with Crippen LogP contribution in [0, 0.1) is 0 Å². The Labute approximate surface area is 186 Å². The van der Waals surface area contributed by atoms with E-state index in [1.807, 2.05) is 0 Å². The van der Waals surface area contributed by atoms with Crippen LogP contribution in [0.25, 0.3) is 0 Å². The van der Waals surface area contributed by atoms with Crippen LogP contribution in [0.5, 0.6) is 0 Å². The van der Waals surface area contributed by atoms with E-state index in [4.69, 9.17) is 4.98 Å². The topological polar surface area (TPSA) is 17.8 Å². The third-order valence-electron chi connectivity index (χ3n) is 6.16. The van der Waals surface area contributed by atoms with Crippen LogP contribution in [0.2, 0.25) is 0 Å². The first-order chi connectivity index (χ1) is 14.8. The van der Waals surface area contributed by atoms with Crippen molar-refractivity contribution >= 4 is 0 Å². The second kappa shape index (κ2) is 16.2. The molecule has 0 saturated heterocycles. The normalized spacial score (nSPS) is 11.3. The van der Waals surface area contributed by atoms with Gasteiger partial charge in [-0.2, -0.15) is 0 Å². The van der Waals surface area contributed by atoms with E-state index in [0.717, 1.165) is 25.8 Å². The molecule has 0 aliphatic heterocycles. The fraction of sp³-hybridized carbons (Fsp3) is 0.679. The average molecular weight is 411 g/mol. The quantitative estimate of drug-likeness (QED) is 0.226. The van der Waals surface area contributed by atoms with Crippen molar-refractivity contribution in [2.75, 3.05) is 0 Å². The molecule has 0 amide bonds. The summed E-state index contributed by atoms with van der Waals surface area (Å²) in [6, 6.07) is 10.9. The van der Waals surface area contributed by atoms with Gasteiger partial charge in [-0.25, -0.2) is 4.98 Å². The predicted octanol–water partition coefficient (Wildman–Crippen LogP) is 8.32. The molecule has 0 aliphatic rings.